The molecule has 4 rings (SSSR count). The Kier molecular flexibility index (Phi) is 13.3. The Bertz CT molecular complexity index is 1950. The Morgan fingerprint density at radius 1 is 1.21 bits per heavy atom. The third-order valence-electron chi connectivity index (χ3n) is 6.89. The predicted octanol–water partition coefficient (Wildman–Crippen LogP) is -1.81. The number of carboxylic acids is 2. The zero-order valence-electron chi connectivity index (χ0n) is 27.5. The van der Waals surface area contributed by atoms with Gasteiger partial charge in [-0.3, -0.25) is 14.1 Å². The van der Waals surface area contributed by atoms with Gasteiger partial charge in [0.15, 0.2) is 10.8 Å². The summed E-state index contributed by atoms with van der Waals surface area (Å²) in [6.07, 6.45) is -4.22. The number of carbonyl (C=O) groups excluding carboxylic acids is 3. The number of aryl methyl sites for hydroxylation is 1. The van der Waals surface area contributed by atoms with Crippen LogP contribution in [0.15, 0.2) is 41.0 Å². The number of halogens is 3. The number of imidazole rings is 1. The Morgan fingerprint density at radius 2 is 1.83 bits per heavy atom. The molecular formula is C27H32F3N9O12S2. The lowest BCUT2D eigenvalue weighted by atomic mass is 9.84. The first-order valence-corrected chi connectivity index (χ1v) is 16.9. The van der Waals surface area contributed by atoms with E-state index in [4.69, 9.17) is 35.5 Å². The SMILES string of the molecule is CC1(C)[C@H](NC(=O)/C(=N\O[C@@H](COc2ccc(-c3cn(CCC[NH3+])c(N)n3)cc2)C(=O)O)c2csc(N)n2)C(=O)N1OS(=O)(=O)O.O=C([O-])C(F)(F)F. The van der Waals surface area contributed by atoms with Gasteiger partial charge in [-0.05, 0) is 38.1 Å². The summed E-state index contributed by atoms with van der Waals surface area (Å²) in [7, 11) is -5.02. The molecule has 3 aromatic rings. The van der Waals surface area contributed by atoms with Gasteiger partial charge < -0.3 is 51.7 Å². The van der Waals surface area contributed by atoms with Crippen molar-refractivity contribution in [2.45, 2.75) is 50.7 Å². The summed E-state index contributed by atoms with van der Waals surface area (Å²) in [5, 5.41) is 26.3. The summed E-state index contributed by atoms with van der Waals surface area (Å²) in [5.74, 6) is -5.82. The first-order valence-electron chi connectivity index (χ1n) is 14.7. The largest absolute Gasteiger partial charge is 0.542 e. The van der Waals surface area contributed by atoms with Crippen molar-refractivity contribution in [2.75, 3.05) is 24.6 Å². The Balaban J connectivity index is 0.000000980. The van der Waals surface area contributed by atoms with Gasteiger partial charge in [0.05, 0.1) is 17.8 Å². The number of carbonyl (C=O) groups is 4. The number of aliphatic carboxylic acids is 2. The van der Waals surface area contributed by atoms with Crippen molar-refractivity contribution in [1.82, 2.24) is 24.9 Å². The zero-order valence-corrected chi connectivity index (χ0v) is 29.1. The number of oxime groups is 1. The average molecular weight is 796 g/mol. The van der Waals surface area contributed by atoms with Crippen LogP contribution in [0.3, 0.4) is 0 Å². The number of nitrogens with zero attached hydrogens (tertiary/aromatic N) is 5. The smallest absolute Gasteiger partial charge is 0.430 e. The molecule has 1 aliphatic rings. The number of thiazole rings is 1. The molecule has 1 aromatic carbocycles. The third kappa shape index (κ3) is 11.2. The number of rotatable bonds is 15. The fourth-order valence-electron chi connectivity index (χ4n) is 4.21. The molecule has 1 aliphatic heterocycles. The van der Waals surface area contributed by atoms with Gasteiger partial charge in [-0.25, -0.2) is 14.8 Å². The van der Waals surface area contributed by atoms with Crippen LogP contribution in [-0.4, -0.2) is 104 Å². The second kappa shape index (κ2) is 16.8. The number of nitrogens with two attached hydrogens (primary N) is 2. The predicted molar refractivity (Wildman–Crippen MR) is 172 cm³/mol. The topological polar surface area (TPSA) is 332 Å². The van der Waals surface area contributed by atoms with Crippen LogP contribution in [0.2, 0.25) is 0 Å². The first kappa shape index (κ1) is 41.8. The Hall–Kier alpha value is -5.57. The van der Waals surface area contributed by atoms with E-state index in [-0.39, 0.29) is 10.8 Å². The average Bonchev–Trinajstić information content (AvgIpc) is 3.66. The molecule has 10 N–H and O–H groups in total. The maximum atomic E-state index is 13.2. The molecule has 2 atom stereocenters. The van der Waals surface area contributed by atoms with Crippen molar-refractivity contribution in [3.05, 3.63) is 41.5 Å². The lowest BCUT2D eigenvalue weighted by Crippen LogP contribution is -2.76. The van der Waals surface area contributed by atoms with Crippen molar-refractivity contribution < 1.29 is 75.1 Å². The van der Waals surface area contributed by atoms with Crippen LogP contribution in [0.25, 0.3) is 11.3 Å². The molecule has 21 nitrogen and oxygen atoms in total. The van der Waals surface area contributed by atoms with E-state index in [1.54, 1.807) is 24.3 Å². The van der Waals surface area contributed by atoms with Crippen LogP contribution in [-0.2, 0) is 45.2 Å². The number of quaternary nitrogens is 1. The lowest BCUT2D eigenvalue weighted by Gasteiger charge is -2.50. The van der Waals surface area contributed by atoms with Gasteiger partial charge in [0, 0.05) is 30.1 Å². The molecule has 290 valence electrons. The van der Waals surface area contributed by atoms with Gasteiger partial charge >= 0.3 is 22.5 Å². The van der Waals surface area contributed by atoms with E-state index < -0.39 is 70.3 Å². The van der Waals surface area contributed by atoms with Gasteiger partial charge in [-0.15, -0.1) is 15.6 Å². The lowest BCUT2D eigenvalue weighted by molar-refractivity contribution is -0.368. The summed E-state index contributed by atoms with van der Waals surface area (Å²) in [4.78, 5) is 59.9. The molecule has 1 fully saturated rings. The summed E-state index contributed by atoms with van der Waals surface area (Å²) in [5.41, 5.74) is 14.8. The Labute approximate surface area is 301 Å². The molecule has 3 heterocycles. The number of β-lactam (4-membered cyclic amide) rings is 1. The molecule has 0 aliphatic carbocycles. The first-order chi connectivity index (χ1) is 24.5. The molecule has 0 radical (unpaired) electrons. The molecule has 0 bridgehead atoms. The summed E-state index contributed by atoms with van der Waals surface area (Å²) >= 11 is 0.953. The maximum Gasteiger partial charge on any atom is 0.430 e. The normalized spacial score (nSPS) is 16.1. The van der Waals surface area contributed by atoms with Crippen LogP contribution in [0.1, 0.15) is 26.0 Å². The fraction of sp³-hybridized carbons (Fsp3) is 0.370. The van der Waals surface area contributed by atoms with Crippen molar-refractivity contribution in [3.8, 4) is 17.0 Å². The van der Waals surface area contributed by atoms with E-state index in [0.29, 0.717) is 29.0 Å². The summed E-state index contributed by atoms with van der Waals surface area (Å²) in [6.45, 7) is 3.64. The number of carboxylic acid groups (broad SMARTS) is 2. The highest BCUT2D eigenvalue weighted by Crippen LogP contribution is 2.33. The zero-order chi connectivity index (χ0) is 39.9. The number of amides is 2. The number of aromatic nitrogens is 3. The van der Waals surface area contributed by atoms with E-state index in [9.17, 15) is 41.1 Å². The van der Waals surface area contributed by atoms with Crippen LogP contribution < -0.4 is 32.4 Å². The second-order valence-electron chi connectivity index (χ2n) is 11.1. The summed E-state index contributed by atoms with van der Waals surface area (Å²) in [6, 6.07) is 5.32. The number of ether oxygens (including phenoxy) is 1. The molecule has 0 saturated carbocycles. The van der Waals surface area contributed by atoms with Gasteiger partial charge in [0.2, 0.25) is 5.95 Å². The highest BCUT2D eigenvalue weighted by Gasteiger charge is 2.58. The van der Waals surface area contributed by atoms with E-state index in [2.05, 4.69) is 30.5 Å². The van der Waals surface area contributed by atoms with Crippen LogP contribution >= 0.6 is 11.3 Å². The molecule has 2 aromatic heterocycles. The van der Waals surface area contributed by atoms with Gasteiger partial charge in [-0.2, -0.15) is 26.7 Å². The fourth-order valence-corrected chi connectivity index (χ4v) is 5.21. The number of nitrogen functional groups attached to an aromatic ring is 2. The molecule has 2 amide bonds. The Morgan fingerprint density at radius 3 is 2.32 bits per heavy atom. The standard InChI is InChI=1S/C25H31N9O10S2.C2HF3O2/c1-25(2)19(21(36)34(25)44-46(39,40)41)31-20(35)18(16-12-45-24(28)30-16)32-43-17(22(37)38)11-42-14-6-4-13(5-7-14)15-10-33(9-3-8-26)23(27)29-15;3-2(4,5)1(6)7/h4-7,10,12,17,19H,3,8-9,11,26H2,1-2H3,(H2,27,29)(H2,28,30)(H,31,35)(H,37,38)(H,39,40,41);(H,6,7)/b32-18-;/t17-,19+;/m0./s1. The van der Waals surface area contributed by atoms with Crippen molar-refractivity contribution in [2.24, 2.45) is 5.16 Å². The number of benzene rings is 1. The molecule has 53 heavy (non-hydrogen) atoms. The van der Waals surface area contributed by atoms with Gasteiger partial charge in [0.25, 0.3) is 17.9 Å². The van der Waals surface area contributed by atoms with Crippen LogP contribution in [0, 0.1) is 0 Å². The highest BCUT2D eigenvalue weighted by atomic mass is 32.3. The molecule has 0 unspecified atom stereocenters. The monoisotopic (exact) mass is 795 g/mol. The van der Waals surface area contributed by atoms with Crippen LogP contribution in [0.5, 0.6) is 5.75 Å². The van der Waals surface area contributed by atoms with E-state index >= 15 is 0 Å². The molecular weight excluding hydrogens is 763 g/mol. The highest BCUT2D eigenvalue weighted by molar-refractivity contribution is 7.80. The van der Waals surface area contributed by atoms with Crippen LogP contribution in [0.4, 0.5) is 24.3 Å². The third-order valence-corrected chi connectivity index (χ3v) is 7.90. The molecule has 0 spiro atoms. The quantitative estimate of drug-likeness (QED) is 0.0427. The second-order valence-corrected chi connectivity index (χ2v) is 13.0. The van der Waals surface area contributed by atoms with E-state index in [0.717, 1.165) is 29.9 Å². The number of hydroxylamine groups is 2. The number of nitrogens with one attached hydrogen (secondary N) is 1. The van der Waals surface area contributed by atoms with Crippen molar-refractivity contribution in [1.29, 1.82) is 0 Å². The minimum atomic E-state index is -5.19. The van der Waals surface area contributed by atoms with Gasteiger partial charge in [-0.1, -0.05) is 5.16 Å². The minimum Gasteiger partial charge on any atom is -0.542 e. The van der Waals surface area contributed by atoms with E-state index in [1.807, 2.05) is 10.8 Å². The maximum absolute atomic E-state index is 13.2. The number of hydrogen-bond donors (Lipinski definition) is 6. The molecule has 26 heteroatoms. The number of hydrogen-bond acceptors (Lipinski definition) is 16. The number of anilines is 2. The van der Waals surface area contributed by atoms with Gasteiger partial charge in [0.1, 0.15) is 30.1 Å². The summed E-state index contributed by atoms with van der Waals surface area (Å²) < 4.78 is 74.3. The van der Waals surface area contributed by atoms with Crippen molar-refractivity contribution in [3.63, 3.8) is 0 Å². The molecule has 1 saturated heterocycles. The minimum absolute atomic E-state index is 0.0533. The van der Waals surface area contributed by atoms with Crippen molar-refractivity contribution >= 4 is 62.3 Å². The van der Waals surface area contributed by atoms with E-state index in [1.165, 1.54) is 19.2 Å². The number of alkyl halides is 3.